The van der Waals surface area contributed by atoms with Crippen LogP contribution in [0.1, 0.15) is 29.7 Å². The molecule has 0 bridgehead atoms. The van der Waals surface area contributed by atoms with E-state index in [1.165, 1.54) is 12.1 Å². The second-order valence-corrected chi connectivity index (χ2v) is 12.2. The molecule has 1 aliphatic carbocycles. The minimum Gasteiger partial charge on any atom is -0.351 e. The SMILES string of the molecule is Cn1ccc2ccc(S(=O)(=O)CC(=O)NC/C(F)=C3\CCCc4cnn(Cc5ccc(Cl)cc5Cl)c43)cc21. The van der Waals surface area contributed by atoms with Crippen LogP contribution in [-0.2, 0) is 34.6 Å². The molecule has 7 nitrogen and oxygen atoms in total. The molecular formula is C27H25Cl2FN4O3S. The molecule has 11 heteroatoms. The summed E-state index contributed by atoms with van der Waals surface area (Å²) in [6.45, 7) is -0.0783. The van der Waals surface area contributed by atoms with Crippen LogP contribution in [-0.4, -0.2) is 41.0 Å². The fourth-order valence-corrected chi connectivity index (χ4v) is 6.40. The summed E-state index contributed by atoms with van der Waals surface area (Å²) < 4.78 is 44.6. The van der Waals surface area contributed by atoms with Gasteiger partial charge in [0, 0.05) is 34.4 Å². The molecule has 38 heavy (non-hydrogen) atoms. The zero-order chi connectivity index (χ0) is 27.0. The number of fused-ring (bicyclic) bond motifs is 2. The molecule has 0 atom stereocenters. The fourth-order valence-electron chi connectivity index (χ4n) is 4.75. The molecule has 198 valence electrons. The predicted molar refractivity (Wildman–Crippen MR) is 147 cm³/mol. The minimum absolute atomic E-state index is 0.0439. The average molecular weight is 575 g/mol. The number of benzene rings is 2. The van der Waals surface area contributed by atoms with Gasteiger partial charge in [-0.2, -0.15) is 5.10 Å². The first-order valence-corrected chi connectivity index (χ1v) is 14.4. The normalized spacial score (nSPS) is 14.9. The van der Waals surface area contributed by atoms with Crippen molar-refractivity contribution in [3.8, 4) is 0 Å². The van der Waals surface area contributed by atoms with Crippen molar-refractivity contribution in [3.05, 3.63) is 87.6 Å². The van der Waals surface area contributed by atoms with Crippen LogP contribution in [0, 0.1) is 0 Å². The number of aryl methyl sites for hydroxylation is 2. The molecule has 0 unspecified atom stereocenters. The summed E-state index contributed by atoms with van der Waals surface area (Å²) in [5.41, 5.74) is 3.56. The second-order valence-electron chi connectivity index (χ2n) is 9.33. The van der Waals surface area contributed by atoms with E-state index < -0.39 is 33.9 Å². The first-order chi connectivity index (χ1) is 18.1. The zero-order valence-corrected chi connectivity index (χ0v) is 22.9. The van der Waals surface area contributed by atoms with Crippen molar-refractivity contribution >= 4 is 55.4 Å². The van der Waals surface area contributed by atoms with Crippen LogP contribution >= 0.6 is 23.2 Å². The molecule has 4 aromatic rings. The highest BCUT2D eigenvalue weighted by Crippen LogP contribution is 2.34. The number of sulfone groups is 1. The number of amides is 1. The maximum Gasteiger partial charge on any atom is 0.235 e. The topological polar surface area (TPSA) is 86.0 Å². The number of hydrogen-bond acceptors (Lipinski definition) is 4. The Kier molecular flexibility index (Phi) is 7.35. The molecule has 0 saturated heterocycles. The quantitative estimate of drug-likeness (QED) is 0.323. The number of hydrogen-bond donors (Lipinski definition) is 1. The lowest BCUT2D eigenvalue weighted by Crippen LogP contribution is -2.31. The van der Waals surface area contributed by atoms with Crippen molar-refractivity contribution in [1.29, 1.82) is 0 Å². The Morgan fingerprint density at radius 2 is 1.95 bits per heavy atom. The van der Waals surface area contributed by atoms with E-state index in [1.54, 1.807) is 39.7 Å². The second kappa shape index (κ2) is 10.6. The molecule has 1 aliphatic rings. The van der Waals surface area contributed by atoms with Gasteiger partial charge >= 0.3 is 0 Å². The maximum atomic E-state index is 15.4. The maximum absolute atomic E-state index is 15.4. The molecule has 2 aromatic heterocycles. The summed E-state index contributed by atoms with van der Waals surface area (Å²) in [4.78, 5) is 12.6. The van der Waals surface area contributed by atoms with Gasteiger partial charge in [0.25, 0.3) is 0 Å². The minimum atomic E-state index is -3.91. The van der Waals surface area contributed by atoms with Crippen molar-refractivity contribution in [2.75, 3.05) is 12.3 Å². The number of aromatic nitrogens is 3. The standard InChI is InChI=1S/C27H25Cl2FN4O3S/c1-33-10-9-17-6-8-21(12-25(17)33)38(36,37)16-26(35)31-14-24(30)22-4-2-3-18-13-32-34(27(18)22)15-19-5-7-20(28)11-23(19)29/h5-13H,2-4,14-16H2,1H3,(H,31,35)/b24-22-. The molecule has 1 N–H and O–H groups in total. The van der Waals surface area contributed by atoms with Crippen LogP contribution in [0.25, 0.3) is 16.5 Å². The van der Waals surface area contributed by atoms with Crippen LogP contribution < -0.4 is 5.32 Å². The Morgan fingerprint density at radius 3 is 2.74 bits per heavy atom. The van der Waals surface area contributed by atoms with Crippen molar-refractivity contribution in [2.24, 2.45) is 7.05 Å². The van der Waals surface area contributed by atoms with E-state index in [-0.39, 0.29) is 4.90 Å². The summed E-state index contributed by atoms with van der Waals surface area (Å²) in [7, 11) is -2.09. The van der Waals surface area contributed by atoms with Crippen LogP contribution in [0.3, 0.4) is 0 Å². The molecule has 0 saturated carbocycles. The van der Waals surface area contributed by atoms with Gasteiger partial charge in [0.15, 0.2) is 9.84 Å². The summed E-state index contributed by atoms with van der Waals surface area (Å²) >= 11 is 12.3. The van der Waals surface area contributed by atoms with Crippen molar-refractivity contribution in [1.82, 2.24) is 19.7 Å². The van der Waals surface area contributed by atoms with Gasteiger partial charge in [-0.3, -0.25) is 9.48 Å². The summed E-state index contributed by atoms with van der Waals surface area (Å²) in [5.74, 6) is -2.07. The average Bonchev–Trinajstić information content (AvgIpc) is 3.47. The van der Waals surface area contributed by atoms with Crippen molar-refractivity contribution < 1.29 is 17.6 Å². The lowest BCUT2D eigenvalue weighted by molar-refractivity contribution is -0.118. The van der Waals surface area contributed by atoms with Crippen molar-refractivity contribution in [3.63, 3.8) is 0 Å². The Balaban J connectivity index is 1.31. The molecule has 2 heterocycles. The zero-order valence-electron chi connectivity index (χ0n) is 20.5. The van der Waals surface area contributed by atoms with Gasteiger partial charge in [0.05, 0.1) is 29.9 Å². The van der Waals surface area contributed by atoms with Gasteiger partial charge < -0.3 is 9.88 Å². The molecule has 0 radical (unpaired) electrons. The lowest BCUT2D eigenvalue weighted by Gasteiger charge is -2.19. The van der Waals surface area contributed by atoms with Gasteiger partial charge in [-0.15, -0.1) is 0 Å². The van der Waals surface area contributed by atoms with E-state index in [2.05, 4.69) is 10.4 Å². The van der Waals surface area contributed by atoms with E-state index in [9.17, 15) is 13.2 Å². The molecule has 5 rings (SSSR count). The van der Waals surface area contributed by atoms with Crippen LogP contribution in [0.15, 0.2) is 65.6 Å². The van der Waals surface area contributed by atoms with Gasteiger partial charge in [0.2, 0.25) is 5.91 Å². The predicted octanol–water partition coefficient (Wildman–Crippen LogP) is 5.34. The number of rotatable bonds is 7. The largest absolute Gasteiger partial charge is 0.351 e. The van der Waals surface area contributed by atoms with E-state index in [0.717, 1.165) is 34.9 Å². The number of allylic oxidation sites excluding steroid dienone is 1. The summed E-state index contributed by atoms with van der Waals surface area (Å²) in [6.07, 6.45) is 5.53. The molecule has 1 amide bonds. The number of halogens is 3. The van der Waals surface area contributed by atoms with Crippen LogP contribution in [0.2, 0.25) is 10.0 Å². The summed E-state index contributed by atoms with van der Waals surface area (Å²) in [5, 5.41) is 8.79. The van der Waals surface area contributed by atoms with Gasteiger partial charge in [-0.05, 0) is 66.1 Å². The highest BCUT2D eigenvalue weighted by Gasteiger charge is 2.25. The van der Waals surface area contributed by atoms with E-state index in [1.807, 2.05) is 19.3 Å². The number of nitrogens with one attached hydrogen (secondary N) is 1. The monoisotopic (exact) mass is 574 g/mol. The van der Waals surface area contributed by atoms with E-state index in [0.29, 0.717) is 34.3 Å². The summed E-state index contributed by atoms with van der Waals surface area (Å²) in [6, 6.07) is 11.8. The molecular weight excluding hydrogens is 550 g/mol. The van der Waals surface area contributed by atoms with Crippen LogP contribution in [0.4, 0.5) is 4.39 Å². The highest BCUT2D eigenvalue weighted by atomic mass is 35.5. The molecule has 0 fully saturated rings. The van der Waals surface area contributed by atoms with E-state index in [4.69, 9.17) is 23.2 Å². The number of carbonyl (C=O) groups is 1. The Morgan fingerprint density at radius 1 is 1.13 bits per heavy atom. The Labute approximate surface area is 229 Å². The van der Waals surface area contributed by atoms with Gasteiger partial charge in [0.1, 0.15) is 11.6 Å². The Hall–Kier alpha value is -3.14. The number of carbonyl (C=O) groups excluding carboxylic acids is 1. The van der Waals surface area contributed by atoms with E-state index >= 15 is 4.39 Å². The van der Waals surface area contributed by atoms with Crippen molar-refractivity contribution in [2.45, 2.75) is 30.7 Å². The smallest absolute Gasteiger partial charge is 0.235 e. The third kappa shape index (κ3) is 5.36. The number of nitrogens with zero attached hydrogens (tertiary/aromatic N) is 3. The lowest BCUT2D eigenvalue weighted by atomic mass is 9.92. The van der Waals surface area contributed by atoms with Gasteiger partial charge in [-0.1, -0.05) is 35.3 Å². The molecule has 2 aromatic carbocycles. The van der Waals surface area contributed by atoms with Crippen LogP contribution in [0.5, 0.6) is 0 Å². The molecule has 0 spiro atoms. The van der Waals surface area contributed by atoms with Gasteiger partial charge in [-0.25, -0.2) is 12.8 Å². The third-order valence-corrected chi connectivity index (χ3v) is 8.92. The molecule has 0 aliphatic heterocycles. The highest BCUT2D eigenvalue weighted by molar-refractivity contribution is 7.92. The fraction of sp³-hybridized carbons (Fsp3) is 0.259. The Bertz CT molecular complexity index is 1690. The third-order valence-electron chi connectivity index (χ3n) is 6.72. The first kappa shape index (κ1) is 26.5. The first-order valence-electron chi connectivity index (χ1n) is 12.0.